The molecule has 0 aliphatic carbocycles. The second-order valence-corrected chi connectivity index (χ2v) is 6.38. The summed E-state index contributed by atoms with van der Waals surface area (Å²) in [6.45, 7) is 0.139. The van der Waals surface area contributed by atoms with Crippen LogP contribution in [0.25, 0.3) is 0 Å². The van der Waals surface area contributed by atoms with Crippen molar-refractivity contribution in [2.24, 2.45) is 0 Å². The first kappa shape index (κ1) is 24.7. The number of aliphatic hydroxyl groups excluding tert-OH is 1. The number of benzene rings is 2. The highest BCUT2D eigenvalue weighted by Crippen LogP contribution is 2.31. The van der Waals surface area contributed by atoms with Gasteiger partial charge in [-0.2, -0.15) is 0 Å². The lowest BCUT2D eigenvalue weighted by Crippen LogP contribution is -2.29. The summed E-state index contributed by atoms with van der Waals surface area (Å²) in [6, 6.07) is 4.53. The summed E-state index contributed by atoms with van der Waals surface area (Å²) in [6.07, 6.45) is 5.25. The van der Waals surface area contributed by atoms with Crippen LogP contribution >= 0.6 is 0 Å². The van der Waals surface area contributed by atoms with Crippen molar-refractivity contribution in [2.75, 3.05) is 25.6 Å². The number of halogens is 3. The standard InChI is InChI=1S/C22H21F3N2O5/c1-4-13-6-7-17(16(23)10-13)26-21-15(22(30)32-9-8-28)11-14(19(24)20(21)25)12-27(31-3)18(29)5-2/h1,6-7,10-11,26,28H,5,8-9,12H2,2-3H3. The number of ether oxygens (including phenoxy) is 1. The zero-order valence-electron chi connectivity index (χ0n) is 17.4. The molecule has 0 unspecified atom stereocenters. The van der Waals surface area contributed by atoms with E-state index in [1.54, 1.807) is 6.92 Å². The van der Waals surface area contributed by atoms with Crippen LogP contribution in [0.5, 0.6) is 0 Å². The van der Waals surface area contributed by atoms with Gasteiger partial charge in [-0.1, -0.05) is 12.8 Å². The molecule has 0 heterocycles. The summed E-state index contributed by atoms with van der Waals surface area (Å²) in [5.74, 6) is -3.12. The molecular weight excluding hydrogens is 429 g/mol. The minimum absolute atomic E-state index is 0.0376. The molecule has 32 heavy (non-hydrogen) atoms. The van der Waals surface area contributed by atoms with Crippen molar-refractivity contribution in [3.63, 3.8) is 0 Å². The summed E-state index contributed by atoms with van der Waals surface area (Å²) in [4.78, 5) is 29.3. The third-order valence-corrected chi connectivity index (χ3v) is 4.34. The molecule has 0 spiro atoms. The van der Waals surface area contributed by atoms with Gasteiger partial charge in [-0.05, 0) is 24.3 Å². The van der Waals surface area contributed by atoms with Gasteiger partial charge in [-0.3, -0.25) is 9.63 Å². The van der Waals surface area contributed by atoms with Crippen LogP contribution in [0, 0.1) is 29.8 Å². The highest BCUT2D eigenvalue weighted by atomic mass is 19.2. The van der Waals surface area contributed by atoms with Crippen molar-refractivity contribution in [2.45, 2.75) is 19.9 Å². The van der Waals surface area contributed by atoms with E-state index in [4.69, 9.17) is 21.1 Å². The van der Waals surface area contributed by atoms with Crippen LogP contribution in [0.15, 0.2) is 24.3 Å². The van der Waals surface area contributed by atoms with Crippen LogP contribution in [0.3, 0.4) is 0 Å². The smallest absolute Gasteiger partial charge is 0.340 e. The van der Waals surface area contributed by atoms with Crippen LogP contribution in [-0.4, -0.2) is 42.4 Å². The molecule has 2 N–H and O–H groups in total. The minimum atomic E-state index is -1.50. The zero-order chi connectivity index (χ0) is 23.8. The second-order valence-electron chi connectivity index (χ2n) is 6.38. The Bertz CT molecular complexity index is 1050. The normalized spacial score (nSPS) is 10.4. The molecule has 0 saturated heterocycles. The van der Waals surface area contributed by atoms with Gasteiger partial charge in [0.1, 0.15) is 12.4 Å². The molecule has 0 aliphatic heterocycles. The largest absolute Gasteiger partial charge is 0.460 e. The fraction of sp³-hybridized carbons (Fsp3) is 0.273. The lowest BCUT2D eigenvalue weighted by atomic mass is 10.1. The van der Waals surface area contributed by atoms with E-state index in [0.717, 1.165) is 17.2 Å². The summed E-state index contributed by atoms with van der Waals surface area (Å²) in [5, 5.41) is 12.0. The van der Waals surface area contributed by atoms with Gasteiger partial charge in [0.05, 0.1) is 37.2 Å². The van der Waals surface area contributed by atoms with Gasteiger partial charge >= 0.3 is 5.97 Å². The number of nitrogens with zero attached hydrogens (tertiary/aromatic N) is 1. The Kier molecular flexibility index (Phi) is 8.63. The number of anilines is 2. The summed E-state index contributed by atoms with van der Waals surface area (Å²) in [5.41, 5.74) is -1.60. The zero-order valence-corrected chi connectivity index (χ0v) is 17.4. The van der Waals surface area contributed by atoms with Gasteiger partial charge in [-0.15, -0.1) is 6.42 Å². The average molecular weight is 450 g/mol. The Labute approximate surface area is 182 Å². The fourth-order valence-electron chi connectivity index (χ4n) is 2.72. The molecule has 10 heteroatoms. The van der Waals surface area contributed by atoms with Crippen LogP contribution in [0.1, 0.15) is 34.8 Å². The number of hydrogen-bond donors (Lipinski definition) is 2. The van der Waals surface area contributed by atoms with E-state index in [1.807, 2.05) is 0 Å². The maximum atomic E-state index is 15.0. The van der Waals surface area contributed by atoms with Gasteiger partial charge in [0.2, 0.25) is 5.91 Å². The molecule has 2 rings (SSSR count). The van der Waals surface area contributed by atoms with Crippen LogP contribution in [0.2, 0.25) is 0 Å². The van der Waals surface area contributed by atoms with Gasteiger partial charge in [-0.25, -0.2) is 23.0 Å². The first-order valence-electron chi connectivity index (χ1n) is 9.43. The lowest BCUT2D eigenvalue weighted by Gasteiger charge is -2.21. The quantitative estimate of drug-likeness (QED) is 0.346. The molecule has 1 amide bonds. The maximum absolute atomic E-state index is 15.0. The lowest BCUT2D eigenvalue weighted by molar-refractivity contribution is -0.179. The number of hydroxylamine groups is 2. The summed E-state index contributed by atoms with van der Waals surface area (Å²) in [7, 11) is 1.18. The third kappa shape index (κ3) is 5.57. The molecule has 0 bridgehead atoms. The Balaban J connectivity index is 2.57. The number of rotatable bonds is 9. The maximum Gasteiger partial charge on any atom is 0.340 e. The monoisotopic (exact) mass is 450 g/mol. The predicted octanol–water partition coefficient (Wildman–Crippen LogP) is 3.28. The van der Waals surface area contributed by atoms with E-state index in [2.05, 4.69) is 11.2 Å². The van der Waals surface area contributed by atoms with Crippen LogP contribution in [-0.2, 0) is 20.9 Å². The summed E-state index contributed by atoms with van der Waals surface area (Å²) >= 11 is 0. The predicted molar refractivity (Wildman–Crippen MR) is 109 cm³/mol. The van der Waals surface area contributed by atoms with Gasteiger partial charge in [0.25, 0.3) is 0 Å². The van der Waals surface area contributed by atoms with Crippen molar-refractivity contribution in [3.05, 3.63) is 58.4 Å². The highest BCUT2D eigenvalue weighted by Gasteiger charge is 2.26. The van der Waals surface area contributed by atoms with Crippen molar-refractivity contribution >= 4 is 23.3 Å². The topological polar surface area (TPSA) is 88.1 Å². The molecule has 0 fully saturated rings. The van der Waals surface area contributed by atoms with E-state index in [9.17, 15) is 18.4 Å². The second kappa shape index (κ2) is 11.2. The van der Waals surface area contributed by atoms with E-state index in [-0.39, 0.29) is 23.2 Å². The van der Waals surface area contributed by atoms with E-state index < -0.39 is 60.3 Å². The van der Waals surface area contributed by atoms with Crippen LogP contribution in [0.4, 0.5) is 24.5 Å². The summed E-state index contributed by atoms with van der Waals surface area (Å²) < 4.78 is 49.0. The number of aliphatic hydroxyl groups is 1. The molecule has 0 aliphatic rings. The molecule has 0 radical (unpaired) electrons. The van der Waals surface area contributed by atoms with Gasteiger partial charge in [0, 0.05) is 17.5 Å². The molecule has 170 valence electrons. The number of amides is 1. The third-order valence-electron chi connectivity index (χ3n) is 4.34. The molecule has 7 nitrogen and oxygen atoms in total. The number of carbonyl (C=O) groups excluding carboxylic acids is 2. The minimum Gasteiger partial charge on any atom is -0.460 e. The Morgan fingerprint density at radius 1 is 1.22 bits per heavy atom. The number of nitrogens with one attached hydrogen (secondary N) is 1. The van der Waals surface area contributed by atoms with Crippen molar-refractivity contribution < 1.29 is 37.4 Å². The fourth-order valence-corrected chi connectivity index (χ4v) is 2.72. The van der Waals surface area contributed by atoms with Crippen molar-refractivity contribution in [1.82, 2.24) is 5.06 Å². The van der Waals surface area contributed by atoms with Gasteiger partial charge < -0.3 is 15.2 Å². The first-order valence-corrected chi connectivity index (χ1v) is 9.43. The number of carbonyl (C=O) groups is 2. The Morgan fingerprint density at radius 2 is 1.94 bits per heavy atom. The molecular formula is C22H21F3N2O5. The Morgan fingerprint density at radius 3 is 2.50 bits per heavy atom. The Hall–Kier alpha value is -3.55. The number of terminal acetylenes is 1. The highest BCUT2D eigenvalue weighted by molar-refractivity contribution is 5.97. The molecule has 2 aromatic carbocycles. The number of esters is 1. The average Bonchev–Trinajstić information content (AvgIpc) is 2.80. The van der Waals surface area contributed by atoms with E-state index >= 15 is 4.39 Å². The molecule has 0 saturated carbocycles. The first-order chi connectivity index (χ1) is 15.3. The van der Waals surface area contributed by atoms with Gasteiger partial charge in [0.15, 0.2) is 11.6 Å². The van der Waals surface area contributed by atoms with Crippen LogP contribution < -0.4 is 5.32 Å². The van der Waals surface area contributed by atoms with Crippen molar-refractivity contribution in [1.29, 1.82) is 0 Å². The molecule has 0 atom stereocenters. The molecule has 2 aromatic rings. The molecule has 0 aromatic heterocycles. The number of hydrogen-bond acceptors (Lipinski definition) is 6. The van der Waals surface area contributed by atoms with Crippen molar-refractivity contribution in [3.8, 4) is 12.3 Å². The SMILES string of the molecule is C#Cc1ccc(Nc2c(C(=O)OCCO)cc(CN(OC)C(=O)CC)c(F)c2F)c(F)c1. The van der Waals surface area contributed by atoms with E-state index in [0.29, 0.717) is 0 Å². The van der Waals surface area contributed by atoms with E-state index in [1.165, 1.54) is 19.2 Å².